The van der Waals surface area contributed by atoms with E-state index in [0.29, 0.717) is 23.0 Å². The van der Waals surface area contributed by atoms with Gasteiger partial charge in [0.2, 0.25) is 12.0 Å². The molecule has 2 heterocycles. The van der Waals surface area contributed by atoms with Crippen molar-refractivity contribution in [3.05, 3.63) is 23.5 Å². The molecule has 2 aromatic rings. The Morgan fingerprint density at radius 1 is 1.06 bits per heavy atom. The summed E-state index contributed by atoms with van der Waals surface area (Å²) in [6.07, 6.45) is -5.39. The first kappa shape index (κ1) is 25.2. The van der Waals surface area contributed by atoms with E-state index in [-0.39, 0.29) is 37.6 Å². The molecule has 1 saturated heterocycles. The third-order valence-electron chi connectivity index (χ3n) is 5.50. The second-order valence-electron chi connectivity index (χ2n) is 7.63. The van der Waals surface area contributed by atoms with Gasteiger partial charge in [-0.3, -0.25) is 4.79 Å². The van der Waals surface area contributed by atoms with Crippen LogP contribution in [0.1, 0.15) is 24.5 Å². The summed E-state index contributed by atoms with van der Waals surface area (Å²) in [6.45, 7) is 1.22. The molecular formula is C22H30O11. The van der Waals surface area contributed by atoms with E-state index in [2.05, 4.69) is 0 Å². The number of esters is 1. The minimum atomic E-state index is -1.64. The average Bonchev–Trinajstić information content (AvgIpc) is 3.20. The highest BCUT2D eigenvalue weighted by molar-refractivity contribution is 5.90. The van der Waals surface area contributed by atoms with Gasteiger partial charge in [-0.05, 0) is 31.4 Å². The van der Waals surface area contributed by atoms with Gasteiger partial charge in [0, 0.05) is 24.0 Å². The number of carbonyl (C=O) groups is 1. The van der Waals surface area contributed by atoms with Gasteiger partial charge >= 0.3 is 5.97 Å². The summed E-state index contributed by atoms with van der Waals surface area (Å²) in [5.41, 5.74) is 1.55. The molecule has 1 aliphatic rings. The molecule has 0 amide bonds. The number of fused-ring (bicyclic) bond motifs is 1. The first-order chi connectivity index (χ1) is 15.9. The standard InChI is InChI=1S/C22H30O11/c1-3-30-15(25)5-4-11-8-13-12(6-7-23)10-31-20(13)21(29-2)19(11)33-22-18(28)17(27)16(26)14(9-24)32-22/h8,10,14,16-18,22-24,26-28H,3-7,9H2,1-2H3. The van der Waals surface area contributed by atoms with Crippen molar-refractivity contribution < 1.29 is 53.7 Å². The van der Waals surface area contributed by atoms with E-state index in [9.17, 15) is 30.3 Å². The van der Waals surface area contributed by atoms with Gasteiger partial charge in [0.25, 0.3) is 0 Å². The Kier molecular flexibility index (Phi) is 8.51. The lowest BCUT2D eigenvalue weighted by Crippen LogP contribution is -2.60. The molecule has 33 heavy (non-hydrogen) atoms. The topological polar surface area (TPSA) is 168 Å². The van der Waals surface area contributed by atoms with Gasteiger partial charge in [-0.1, -0.05) is 0 Å². The van der Waals surface area contributed by atoms with Crippen LogP contribution in [-0.2, 0) is 27.1 Å². The Labute approximate surface area is 190 Å². The maximum absolute atomic E-state index is 12.0. The summed E-state index contributed by atoms with van der Waals surface area (Å²) in [7, 11) is 1.39. The van der Waals surface area contributed by atoms with Crippen LogP contribution in [0.15, 0.2) is 16.7 Å². The number of aliphatic hydroxyl groups is 5. The Morgan fingerprint density at radius 3 is 2.45 bits per heavy atom. The van der Waals surface area contributed by atoms with Crippen LogP contribution in [0, 0.1) is 0 Å². The van der Waals surface area contributed by atoms with Gasteiger partial charge in [0.05, 0.1) is 26.6 Å². The molecule has 5 unspecified atom stereocenters. The molecule has 3 rings (SSSR count). The van der Waals surface area contributed by atoms with E-state index in [1.54, 1.807) is 13.0 Å². The molecule has 0 radical (unpaired) electrons. The van der Waals surface area contributed by atoms with Crippen LogP contribution in [0.3, 0.4) is 0 Å². The minimum absolute atomic E-state index is 0.0285. The molecule has 11 heteroatoms. The summed E-state index contributed by atoms with van der Waals surface area (Å²) < 4.78 is 27.5. The van der Waals surface area contributed by atoms with Crippen LogP contribution in [0.5, 0.6) is 11.5 Å². The van der Waals surface area contributed by atoms with Crippen molar-refractivity contribution in [2.24, 2.45) is 0 Å². The van der Waals surface area contributed by atoms with E-state index in [4.69, 9.17) is 23.4 Å². The SMILES string of the molecule is CCOC(=O)CCc1cc2c(CCO)coc2c(OC)c1OC1OC(CO)C(O)C(O)C1O. The van der Waals surface area contributed by atoms with Crippen LogP contribution in [0.2, 0.25) is 0 Å². The van der Waals surface area contributed by atoms with Crippen LogP contribution in [-0.4, -0.2) is 89.1 Å². The quantitative estimate of drug-likeness (QED) is 0.288. The molecule has 0 aliphatic carbocycles. The summed E-state index contributed by atoms with van der Waals surface area (Å²) in [5, 5.41) is 50.0. The number of methoxy groups -OCH3 is 1. The van der Waals surface area contributed by atoms with Gasteiger partial charge in [0.15, 0.2) is 11.3 Å². The highest BCUT2D eigenvalue weighted by Gasteiger charge is 2.45. The number of hydrogen-bond acceptors (Lipinski definition) is 11. The van der Waals surface area contributed by atoms with E-state index in [0.717, 1.165) is 5.56 Å². The predicted octanol–water partition coefficient (Wildman–Crippen LogP) is -0.349. The average molecular weight is 470 g/mol. The molecule has 184 valence electrons. The zero-order chi connectivity index (χ0) is 24.1. The summed E-state index contributed by atoms with van der Waals surface area (Å²) in [6, 6.07) is 1.73. The molecule has 1 aliphatic heterocycles. The highest BCUT2D eigenvalue weighted by atomic mass is 16.7. The van der Waals surface area contributed by atoms with Crippen molar-refractivity contribution >= 4 is 16.9 Å². The van der Waals surface area contributed by atoms with E-state index < -0.39 is 43.3 Å². The van der Waals surface area contributed by atoms with Crippen molar-refractivity contribution in [1.29, 1.82) is 0 Å². The maximum atomic E-state index is 12.0. The number of aliphatic hydroxyl groups excluding tert-OH is 5. The smallest absolute Gasteiger partial charge is 0.306 e. The zero-order valence-electron chi connectivity index (χ0n) is 18.5. The lowest BCUT2D eigenvalue weighted by molar-refractivity contribution is -0.277. The van der Waals surface area contributed by atoms with Crippen molar-refractivity contribution in [1.82, 2.24) is 0 Å². The number of aryl methyl sites for hydroxylation is 1. The van der Waals surface area contributed by atoms with Crippen LogP contribution in [0.4, 0.5) is 0 Å². The van der Waals surface area contributed by atoms with Gasteiger partial charge in [-0.15, -0.1) is 0 Å². The van der Waals surface area contributed by atoms with Crippen LogP contribution >= 0.6 is 0 Å². The second kappa shape index (κ2) is 11.1. The Bertz CT molecular complexity index is 938. The summed E-state index contributed by atoms with van der Waals surface area (Å²) >= 11 is 0. The molecule has 0 bridgehead atoms. The number of hydrogen-bond donors (Lipinski definition) is 5. The largest absolute Gasteiger partial charge is 0.490 e. The number of rotatable bonds is 10. The first-order valence-corrected chi connectivity index (χ1v) is 10.7. The van der Waals surface area contributed by atoms with Crippen molar-refractivity contribution in [3.8, 4) is 11.5 Å². The van der Waals surface area contributed by atoms with Gasteiger partial charge in [-0.25, -0.2) is 0 Å². The second-order valence-corrected chi connectivity index (χ2v) is 7.63. The molecule has 11 nitrogen and oxygen atoms in total. The Morgan fingerprint density at radius 2 is 1.82 bits per heavy atom. The lowest BCUT2D eigenvalue weighted by atomic mass is 9.99. The molecule has 0 saturated carbocycles. The van der Waals surface area contributed by atoms with Crippen molar-refractivity contribution in [3.63, 3.8) is 0 Å². The Balaban J connectivity index is 2.03. The third-order valence-corrected chi connectivity index (χ3v) is 5.50. The summed E-state index contributed by atoms with van der Waals surface area (Å²) in [4.78, 5) is 12.0. The molecule has 5 atom stereocenters. The van der Waals surface area contributed by atoms with Crippen molar-refractivity contribution in [2.75, 3.05) is 26.9 Å². The fraction of sp³-hybridized carbons (Fsp3) is 0.591. The van der Waals surface area contributed by atoms with Crippen LogP contribution < -0.4 is 9.47 Å². The molecule has 0 spiro atoms. The molecule has 5 N–H and O–H groups in total. The van der Waals surface area contributed by atoms with Gasteiger partial charge < -0.3 is 48.9 Å². The van der Waals surface area contributed by atoms with Crippen LogP contribution in [0.25, 0.3) is 11.0 Å². The van der Waals surface area contributed by atoms with Crippen molar-refractivity contribution in [2.45, 2.75) is 56.9 Å². The maximum Gasteiger partial charge on any atom is 0.306 e. The van der Waals surface area contributed by atoms with Gasteiger partial charge in [0.1, 0.15) is 24.4 Å². The predicted molar refractivity (Wildman–Crippen MR) is 113 cm³/mol. The van der Waals surface area contributed by atoms with E-state index in [1.807, 2.05) is 0 Å². The monoisotopic (exact) mass is 470 g/mol. The number of benzene rings is 1. The lowest BCUT2D eigenvalue weighted by Gasteiger charge is -2.39. The third kappa shape index (κ3) is 5.24. The molecular weight excluding hydrogens is 440 g/mol. The van der Waals surface area contributed by atoms with Gasteiger partial charge in [-0.2, -0.15) is 0 Å². The normalized spacial score (nSPS) is 25.2. The van der Waals surface area contributed by atoms with E-state index in [1.165, 1.54) is 13.4 Å². The number of ether oxygens (including phenoxy) is 4. The fourth-order valence-corrected chi connectivity index (χ4v) is 3.79. The number of furan rings is 1. The summed E-state index contributed by atoms with van der Waals surface area (Å²) in [5.74, 6) is -0.158. The minimum Gasteiger partial charge on any atom is -0.490 e. The number of carbonyl (C=O) groups excluding carboxylic acids is 1. The van der Waals surface area contributed by atoms with E-state index >= 15 is 0 Å². The molecule has 1 aromatic carbocycles. The molecule has 1 fully saturated rings. The fourth-order valence-electron chi connectivity index (χ4n) is 3.79. The first-order valence-electron chi connectivity index (χ1n) is 10.7. The Hall–Kier alpha value is -2.41. The zero-order valence-corrected chi connectivity index (χ0v) is 18.5. The highest BCUT2D eigenvalue weighted by Crippen LogP contribution is 2.43. The molecule has 1 aromatic heterocycles.